The Morgan fingerprint density at radius 1 is 1.25 bits per heavy atom. The van der Waals surface area contributed by atoms with E-state index in [0.717, 1.165) is 25.7 Å². The van der Waals surface area contributed by atoms with Gasteiger partial charge in [-0.15, -0.1) is 18.2 Å². The number of fused-ring (bicyclic) bond motifs is 5. The van der Waals surface area contributed by atoms with Crippen molar-refractivity contribution >= 4 is 23.7 Å². The molecule has 6 heteroatoms. The Labute approximate surface area is 194 Å². The first-order valence-corrected chi connectivity index (χ1v) is 12.7. The van der Waals surface area contributed by atoms with E-state index in [2.05, 4.69) is 18.9 Å². The van der Waals surface area contributed by atoms with Gasteiger partial charge in [0.1, 0.15) is 5.75 Å². The second-order valence-electron chi connectivity index (χ2n) is 9.63. The second kappa shape index (κ2) is 8.76. The van der Waals surface area contributed by atoms with Gasteiger partial charge < -0.3 is 14.2 Å². The van der Waals surface area contributed by atoms with Crippen molar-refractivity contribution in [1.82, 2.24) is 0 Å². The van der Waals surface area contributed by atoms with E-state index in [-0.39, 0.29) is 29.4 Å². The molecular formula is C26H32O5S. The lowest BCUT2D eigenvalue weighted by molar-refractivity contribution is -0.173. The third-order valence-corrected chi connectivity index (χ3v) is 8.36. The Morgan fingerprint density at radius 2 is 2.03 bits per heavy atom. The van der Waals surface area contributed by atoms with Gasteiger partial charge >= 0.3 is 11.9 Å². The summed E-state index contributed by atoms with van der Waals surface area (Å²) in [6.07, 6.45) is 12.4. The zero-order chi connectivity index (χ0) is 23.1. The lowest BCUT2D eigenvalue weighted by atomic mass is 9.52. The Balaban J connectivity index is 1.74. The van der Waals surface area contributed by atoms with Crippen LogP contribution in [0, 0.1) is 29.6 Å². The number of esters is 2. The predicted molar refractivity (Wildman–Crippen MR) is 124 cm³/mol. The van der Waals surface area contributed by atoms with Crippen LogP contribution in [0.3, 0.4) is 0 Å². The highest BCUT2D eigenvalue weighted by Crippen LogP contribution is 2.65. The third kappa shape index (κ3) is 3.74. The molecule has 1 aromatic carbocycles. The van der Waals surface area contributed by atoms with Crippen LogP contribution in [-0.2, 0) is 25.5 Å². The third-order valence-electron chi connectivity index (χ3n) is 7.99. The Morgan fingerprint density at radius 3 is 2.69 bits per heavy atom. The lowest BCUT2D eigenvalue weighted by Crippen LogP contribution is -2.56. The standard InChI is InChI=1S/C26H32O5S/c1-6-26(31-17(3)28)12-11-22-21-9-7-18-13-19(30-16(2)27)8-10-20(18)24(21)23(29-15-32-5)14-25(22,26)4/h1,8,10,13,21-24H,7,9,11-12,14-15H2,2-5H3/t21?,22-,23+,24+,25-,26-/m0/s1. The van der Waals surface area contributed by atoms with Crippen LogP contribution in [-0.4, -0.2) is 35.8 Å². The van der Waals surface area contributed by atoms with Crippen LogP contribution in [0.5, 0.6) is 5.75 Å². The summed E-state index contributed by atoms with van der Waals surface area (Å²) in [5.74, 6) is 4.50. The molecule has 3 aliphatic rings. The number of carbonyl (C=O) groups is 2. The van der Waals surface area contributed by atoms with Gasteiger partial charge in [0.05, 0.1) is 12.0 Å². The molecular weight excluding hydrogens is 424 g/mol. The Hall–Kier alpha value is -1.97. The molecule has 2 fully saturated rings. The van der Waals surface area contributed by atoms with Crippen LogP contribution in [0.1, 0.15) is 63.5 Å². The Kier molecular flexibility index (Phi) is 6.35. The van der Waals surface area contributed by atoms with Crippen molar-refractivity contribution < 1.29 is 23.8 Å². The minimum absolute atomic E-state index is 0.0197. The van der Waals surface area contributed by atoms with Crippen LogP contribution in [0.4, 0.5) is 0 Å². The van der Waals surface area contributed by atoms with E-state index in [0.29, 0.717) is 29.9 Å². The van der Waals surface area contributed by atoms with E-state index < -0.39 is 5.60 Å². The molecule has 0 aromatic heterocycles. The van der Waals surface area contributed by atoms with Crippen molar-refractivity contribution in [3.05, 3.63) is 29.3 Å². The number of ether oxygens (including phenoxy) is 3. The van der Waals surface area contributed by atoms with Crippen LogP contribution in [0.2, 0.25) is 0 Å². The first-order valence-electron chi connectivity index (χ1n) is 11.3. The quantitative estimate of drug-likeness (QED) is 0.277. The van der Waals surface area contributed by atoms with Crippen LogP contribution >= 0.6 is 11.8 Å². The topological polar surface area (TPSA) is 61.8 Å². The average Bonchev–Trinajstić information content (AvgIpc) is 3.02. The summed E-state index contributed by atoms with van der Waals surface area (Å²) in [4.78, 5) is 23.4. The van der Waals surface area contributed by atoms with Crippen LogP contribution < -0.4 is 4.74 Å². The SMILES string of the molecule is C#C[C@]1(OC(C)=O)CC[C@H]2C3CCc4cc(OC(C)=O)ccc4[C@H]3[C@H](OCSC)C[C@@]21C. The van der Waals surface area contributed by atoms with Crippen LogP contribution in [0.25, 0.3) is 0 Å². The fraction of sp³-hybridized carbons (Fsp3) is 0.615. The zero-order valence-electron chi connectivity index (χ0n) is 19.3. The van der Waals surface area contributed by atoms with Crippen molar-refractivity contribution in [2.45, 2.75) is 70.5 Å². The molecule has 0 saturated heterocycles. The molecule has 32 heavy (non-hydrogen) atoms. The molecule has 0 bridgehead atoms. The van der Waals surface area contributed by atoms with Gasteiger partial charge in [-0.3, -0.25) is 9.59 Å². The van der Waals surface area contributed by atoms with E-state index in [9.17, 15) is 9.59 Å². The number of hydrogen-bond acceptors (Lipinski definition) is 6. The Bertz CT molecular complexity index is 952. The van der Waals surface area contributed by atoms with Crippen molar-refractivity contribution in [3.8, 4) is 18.1 Å². The second-order valence-corrected chi connectivity index (χ2v) is 10.4. The molecule has 0 heterocycles. The molecule has 0 aliphatic heterocycles. The molecule has 4 rings (SSSR count). The van der Waals surface area contributed by atoms with E-state index >= 15 is 0 Å². The van der Waals surface area contributed by atoms with Gasteiger partial charge in [-0.05, 0) is 73.5 Å². The molecule has 0 spiro atoms. The number of thioether (sulfide) groups is 1. The van der Waals surface area contributed by atoms with Crippen molar-refractivity contribution in [2.75, 3.05) is 12.2 Å². The normalized spacial score (nSPS) is 35.1. The van der Waals surface area contributed by atoms with E-state index in [1.807, 2.05) is 18.4 Å². The number of hydrogen-bond donors (Lipinski definition) is 0. The van der Waals surface area contributed by atoms with Gasteiger partial charge in [0.25, 0.3) is 0 Å². The average molecular weight is 457 g/mol. The van der Waals surface area contributed by atoms with Gasteiger partial charge in [0, 0.05) is 25.2 Å². The molecule has 172 valence electrons. The fourth-order valence-corrected chi connectivity index (χ4v) is 7.13. The number of rotatable bonds is 5. The van der Waals surface area contributed by atoms with Gasteiger partial charge in [-0.25, -0.2) is 0 Å². The monoisotopic (exact) mass is 456 g/mol. The fourth-order valence-electron chi connectivity index (χ4n) is 6.82. The summed E-state index contributed by atoms with van der Waals surface area (Å²) >= 11 is 1.66. The summed E-state index contributed by atoms with van der Waals surface area (Å²) in [7, 11) is 0. The maximum Gasteiger partial charge on any atom is 0.308 e. The molecule has 6 atom stereocenters. The van der Waals surface area contributed by atoms with Gasteiger partial charge in [-0.1, -0.05) is 18.9 Å². The minimum Gasteiger partial charge on any atom is -0.445 e. The molecule has 1 unspecified atom stereocenters. The molecule has 1 aromatic rings. The summed E-state index contributed by atoms with van der Waals surface area (Å²) in [5.41, 5.74) is 1.31. The largest absolute Gasteiger partial charge is 0.445 e. The number of benzene rings is 1. The summed E-state index contributed by atoms with van der Waals surface area (Å²) in [6, 6.07) is 6.00. The molecule has 0 amide bonds. The lowest BCUT2D eigenvalue weighted by Gasteiger charge is -2.55. The van der Waals surface area contributed by atoms with Gasteiger partial charge in [-0.2, -0.15) is 0 Å². The molecule has 2 saturated carbocycles. The number of carbonyl (C=O) groups excluding carboxylic acids is 2. The highest BCUT2D eigenvalue weighted by molar-refractivity contribution is 7.98. The molecule has 0 N–H and O–H groups in total. The molecule has 5 nitrogen and oxygen atoms in total. The maximum absolute atomic E-state index is 12.0. The zero-order valence-corrected chi connectivity index (χ0v) is 20.1. The number of terminal acetylenes is 1. The highest BCUT2D eigenvalue weighted by atomic mass is 32.2. The van der Waals surface area contributed by atoms with Crippen molar-refractivity contribution in [2.24, 2.45) is 17.3 Å². The number of aryl methyl sites for hydroxylation is 1. The molecule has 0 radical (unpaired) electrons. The van der Waals surface area contributed by atoms with Gasteiger partial charge in [0.15, 0.2) is 5.60 Å². The smallest absolute Gasteiger partial charge is 0.308 e. The van der Waals surface area contributed by atoms with E-state index in [4.69, 9.17) is 20.6 Å². The summed E-state index contributed by atoms with van der Waals surface area (Å²) in [6.45, 7) is 5.07. The van der Waals surface area contributed by atoms with Gasteiger partial charge in [0.2, 0.25) is 0 Å². The predicted octanol–water partition coefficient (Wildman–Crippen LogP) is 4.72. The first kappa shape index (κ1) is 23.2. The maximum atomic E-state index is 12.0. The van der Waals surface area contributed by atoms with E-state index in [1.54, 1.807) is 11.8 Å². The minimum atomic E-state index is -0.880. The van der Waals surface area contributed by atoms with Crippen molar-refractivity contribution in [1.29, 1.82) is 0 Å². The molecule has 3 aliphatic carbocycles. The van der Waals surface area contributed by atoms with Crippen LogP contribution in [0.15, 0.2) is 18.2 Å². The first-order chi connectivity index (χ1) is 15.2. The summed E-state index contributed by atoms with van der Waals surface area (Å²) < 4.78 is 17.7. The van der Waals surface area contributed by atoms with E-state index in [1.165, 1.54) is 25.0 Å². The highest BCUT2D eigenvalue weighted by Gasteiger charge is 2.66. The van der Waals surface area contributed by atoms with Crippen molar-refractivity contribution in [3.63, 3.8) is 0 Å². The summed E-state index contributed by atoms with van der Waals surface area (Å²) in [5, 5.41) is 0.